The van der Waals surface area contributed by atoms with Gasteiger partial charge in [0.2, 0.25) is 0 Å². The molecule has 0 N–H and O–H groups in total. The van der Waals surface area contributed by atoms with Gasteiger partial charge in [-0.05, 0) is 24.3 Å². The SMILES string of the molecule is [CH](Cc1ccccc1)C1CCCC1. The first-order chi connectivity index (χ1) is 6.45. The van der Waals surface area contributed by atoms with Crippen molar-refractivity contribution in [2.75, 3.05) is 0 Å². The van der Waals surface area contributed by atoms with Crippen molar-refractivity contribution in [2.24, 2.45) is 5.92 Å². The lowest BCUT2D eigenvalue weighted by Gasteiger charge is -2.07. The molecule has 1 saturated carbocycles. The Labute approximate surface area is 81.0 Å². The van der Waals surface area contributed by atoms with E-state index in [1.165, 1.54) is 31.2 Å². The maximum Gasteiger partial charge on any atom is -0.0245 e. The van der Waals surface area contributed by atoms with Crippen LogP contribution in [-0.4, -0.2) is 0 Å². The van der Waals surface area contributed by atoms with E-state index in [1.54, 1.807) is 0 Å². The molecule has 1 aliphatic carbocycles. The summed E-state index contributed by atoms with van der Waals surface area (Å²) < 4.78 is 0. The summed E-state index contributed by atoms with van der Waals surface area (Å²) in [5.41, 5.74) is 1.45. The fraction of sp³-hybridized carbons (Fsp3) is 0.462. The number of rotatable bonds is 3. The lowest BCUT2D eigenvalue weighted by Crippen LogP contribution is -1.97. The van der Waals surface area contributed by atoms with E-state index in [1.807, 2.05) is 0 Å². The minimum absolute atomic E-state index is 0.903. The zero-order valence-electron chi connectivity index (χ0n) is 8.08. The van der Waals surface area contributed by atoms with E-state index in [0.717, 1.165) is 12.3 Å². The molecular formula is C13H17. The molecule has 69 valence electrons. The number of hydrogen-bond donors (Lipinski definition) is 0. The molecule has 0 amide bonds. The molecule has 0 aliphatic heterocycles. The predicted octanol–water partition coefficient (Wildman–Crippen LogP) is 3.62. The molecule has 0 aromatic heterocycles. The van der Waals surface area contributed by atoms with Crippen LogP contribution in [-0.2, 0) is 6.42 Å². The van der Waals surface area contributed by atoms with Gasteiger partial charge in [0, 0.05) is 0 Å². The van der Waals surface area contributed by atoms with Crippen molar-refractivity contribution >= 4 is 0 Å². The van der Waals surface area contributed by atoms with Crippen molar-refractivity contribution in [3.05, 3.63) is 42.3 Å². The molecule has 0 heteroatoms. The standard InChI is InChI=1S/C13H17/c1-2-6-12(7-3-1)10-11-13-8-4-5-9-13/h1-3,6-7,11,13H,4-5,8-10H2. The Morgan fingerprint density at radius 1 is 1.08 bits per heavy atom. The van der Waals surface area contributed by atoms with Gasteiger partial charge in [-0.1, -0.05) is 56.0 Å². The molecule has 0 saturated heterocycles. The summed E-state index contributed by atoms with van der Waals surface area (Å²) in [7, 11) is 0. The zero-order chi connectivity index (χ0) is 8.93. The molecule has 2 rings (SSSR count). The quantitative estimate of drug-likeness (QED) is 0.655. The summed E-state index contributed by atoms with van der Waals surface area (Å²) in [5, 5.41) is 0. The molecular weight excluding hydrogens is 156 g/mol. The van der Waals surface area contributed by atoms with E-state index < -0.39 is 0 Å². The predicted molar refractivity (Wildman–Crippen MR) is 56.4 cm³/mol. The van der Waals surface area contributed by atoms with E-state index in [2.05, 4.69) is 36.8 Å². The summed E-state index contributed by atoms with van der Waals surface area (Å²) in [5.74, 6) is 0.903. The van der Waals surface area contributed by atoms with E-state index in [9.17, 15) is 0 Å². The second-order valence-corrected chi connectivity index (χ2v) is 3.97. The van der Waals surface area contributed by atoms with E-state index >= 15 is 0 Å². The van der Waals surface area contributed by atoms with Gasteiger partial charge in [-0.2, -0.15) is 0 Å². The normalized spacial score (nSPS) is 17.8. The van der Waals surface area contributed by atoms with E-state index in [-0.39, 0.29) is 0 Å². The van der Waals surface area contributed by atoms with Gasteiger partial charge in [0.25, 0.3) is 0 Å². The fourth-order valence-electron chi connectivity index (χ4n) is 2.11. The maximum absolute atomic E-state index is 2.50. The van der Waals surface area contributed by atoms with Crippen molar-refractivity contribution < 1.29 is 0 Å². The molecule has 1 radical (unpaired) electrons. The van der Waals surface area contributed by atoms with Crippen LogP contribution in [0.3, 0.4) is 0 Å². The minimum atomic E-state index is 0.903. The highest BCUT2D eigenvalue weighted by Crippen LogP contribution is 2.27. The van der Waals surface area contributed by atoms with Crippen LogP contribution in [0.25, 0.3) is 0 Å². The van der Waals surface area contributed by atoms with Crippen LogP contribution < -0.4 is 0 Å². The summed E-state index contributed by atoms with van der Waals surface area (Å²) in [6.07, 6.45) is 9.39. The highest BCUT2D eigenvalue weighted by molar-refractivity contribution is 5.16. The molecule has 0 bridgehead atoms. The highest BCUT2D eigenvalue weighted by Gasteiger charge is 2.14. The highest BCUT2D eigenvalue weighted by atomic mass is 14.2. The molecule has 13 heavy (non-hydrogen) atoms. The first-order valence-corrected chi connectivity index (χ1v) is 5.32. The molecule has 1 fully saturated rings. The monoisotopic (exact) mass is 173 g/mol. The lowest BCUT2D eigenvalue weighted by atomic mass is 9.98. The Bertz CT molecular complexity index is 231. The smallest absolute Gasteiger partial charge is 0.0245 e. The fourth-order valence-corrected chi connectivity index (χ4v) is 2.11. The van der Waals surface area contributed by atoms with Crippen LogP contribution in [0.15, 0.2) is 30.3 Å². The Morgan fingerprint density at radius 2 is 1.77 bits per heavy atom. The molecule has 0 atom stereocenters. The lowest BCUT2D eigenvalue weighted by molar-refractivity contribution is 0.618. The average molecular weight is 173 g/mol. The number of hydrogen-bond acceptors (Lipinski definition) is 0. The summed E-state index contributed by atoms with van der Waals surface area (Å²) in [4.78, 5) is 0. The molecule has 1 aliphatic rings. The molecule has 0 nitrogen and oxygen atoms in total. The van der Waals surface area contributed by atoms with Crippen LogP contribution in [0.1, 0.15) is 31.2 Å². The zero-order valence-corrected chi connectivity index (χ0v) is 8.08. The maximum atomic E-state index is 2.50. The molecule has 0 unspecified atom stereocenters. The van der Waals surface area contributed by atoms with Crippen molar-refractivity contribution in [3.8, 4) is 0 Å². The molecule has 1 aromatic rings. The van der Waals surface area contributed by atoms with Crippen molar-refractivity contribution in [1.29, 1.82) is 0 Å². The van der Waals surface area contributed by atoms with E-state index in [4.69, 9.17) is 0 Å². The minimum Gasteiger partial charge on any atom is -0.0622 e. The van der Waals surface area contributed by atoms with Gasteiger partial charge in [0.1, 0.15) is 0 Å². The van der Waals surface area contributed by atoms with E-state index in [0.29, 0.717) is 0 Å². The van der Waals surface area contributed by atoms with Crippen molar-refractivity contribution in [3.63, 3.8) is 0 Å². The average Bonchev–Trinajstić information content (AvgIpc) is 2.69. The number of benzene rings is 1. The Kier molecular flexibility index (Phi) is 3.02. The van der Waals surface area contributed by atoms with Gasteiger partial charge in [-0.15, -0.1) is 0 Å². The van der Waals surface area contributed by atoms with Crippen LogP contribution in [0.2, 0.25) is 0 Å². The Balaban J connectivity index is 1.79. The first kappa shape index (κ1) is 8.80. The summed E-state index contributed by atoms with van der Waals surface area (Å²) in [6, 6.07) is 10.8. The van der Waals surface area contributed by atoms with Crippen LogP contribution in [0, 0.1) is 12.3 Å². The van der Waals surface area contributed by atoms with Crippen LogP contribution >= 0.6 is 0 Å². The van der Waals surface area contributed by atoms with Crippen molar-refractivity contribution in [2.45, 2.75) is 32.1 Å². The summed E-state index contributed by atoms with van der Waals surface area (Å²) in [6.45, 7) is 0. The van der Waals surface area contributed by atoms with Gasteiger partial charge in [0.05, 0.1) is 0 Å². The van der Waals surface area contributed by atoms with Gasteiger partial charge in [-0.3, -0.25) is 0 Å². The third kappa shape index (κ3) is 2.58. The second kappa shape index (κ2) is 4.45. The van der Waals surface area contributed by atoms with Crippen LogP contribution in [0.4, 0.5) is 0 Å². The Morgan fingerprint density at radius 3 is 2.46 bits per heavy atom. The topological polar surface area (TPSA) is 0 Å². The summed E-state index contributed by atoms with van der Waals surface area (Å²) >= 11 is 0. The largest absolute Gasteiger partial charge is 0.0622 e. The van der Waals surface area contributed by atoms with Gasteiger partial charge in [0.15, 0.2) is 0 Å². The van der Waals surface area contributed by atoms with Crippen LogP contribution in [0.5, 0.6) is 0 Å². The Hall–Kier alpha value is -0.780. The molecule has 1 aromatic carbocycles. The first-order valence-electron chi connectivity index (χ1n) is 5.32. The molecule has 0 spiro atoms. The van der Waals surface area contributed by atoms with Gasteiger partial charge >= 0.3 is 0 Å². The van der Waals surface area contributed by atoms with Gasteiger partial charge in [-0.25, -0.2) is 0 Å². The third-order valence-electron chi connectivity index (χ3n) is 2.93. The van der Waals surface area contributed by atoms with Crippen molar-refractivity contribution in [1.82, 2.24) is 0 Å². The third-order valence-corrected chi connectivity index (χ3v) is 2.93. The second-order valence-electron chi connectivity index (χ2n) is 3.97. The van der Waals surface area contributed by atoms with Gasteiger partial charge < -0.3 is 0 Å². The molecule has 0 heterocycles.